The van der Waals surface area contributed by atoms with Crippen LogP contribution in [0.1, 0.15) is 38.9 Å². The van der Waals surface area contributed by atoms with Gasteiger partial charge in [0, 0.05) is 45.1 Å². The molecule has 0 aliphatic carbocycles. The molecular weight excluding hydrogens is 348 g/mol. The van der Waals surface area contributed by atoms with Crippen molar-refractivity contribution in [3.63, 3.8) is 0 Å². The van der Waals surface area contributed by atoms with Gasteiger partial charge in [-0.2, -0.15) is 0 Å². The van der Waals surface area contributed by atoms with Crippen LogP contribution in [0.15, 0.2) is 22.8 Å². The van der Waals surface area contributed by atoms with Gasteiger partial charge in [0.25, 0.3) is 0 Å². The lowest BCUT2D eigenvalue weighted by Gasteiger charge is -2.31. The highest BCUT2D eigenvalue weighted by Crippen LogP contribution is 2.17. The van der Waals surface area contributed by atoms with Gasteiger partial charge in [-0.3, -0.25) is 9.59 Å². The largest absolute Gasteiger partial charge is 0.467 e. The standard InChI is InChI=1S/C19H30N4O4/c1-3-22(4-2)17(24)7-10-20-19(26)23-11-8-15(9-12-23)18(25)21-14-16-6-5-13-27-16/h5-6,13,15H,3-4,7-12,14H2,1-2H3,(H,20,26)(H,21,25). The van der Waals surface area contributed by atoms with Crippen molar-refractivity contribution in [1.29, 1.82) is 0 Å². The third kappa shape index (κ3) is 6.30. The van der Waals surface area contributed by atoms with Crippen LogP contribution in [0.4, 0.5) is 4.79 Å². The van der Waals surface area contributed by atoms with E-state index in [1.54, 1.807) is 22.1 Å². The number of furan rings is 1. The van der Waals surface area contributed by atoms with Crippen molar-refractivity contribution in [2.45, 2.75) is 39.7 Å². The summed E-state index contributed by atoms with van der Waals surface area (Å²) >= 11 is 0. The van der Waals surface area contributed by atoms with Crippen LogP contribution in [-0.2, 0) is 16.1 Å². The van der Waals surface area contributed by atoms with Gasteiger partial charge in [-0.15, -0.1) is 0 Å². The number of carbonyl (C=O) groups is 3. The maximum atomic E-state index is 12.2. The minimum absolute atomic E-state index is 0.00345. The zero-order valence-electron chi connectivity index (χ0n) is 16.2. The van der Waals surface area contributed by atoms with Crippen LogP contribution in [-0.4, -0.2) is 60.4 Å². The van der Waals surface area contributed by atoms with E-state index in [-0.39, 0.29) is 23.8 Å². The van der Waals surface area contributed by atoms with E-state index < -0.39 is 0 Å². The Kier molecular flexibility index (Phi) is 8.16. The average Bonchev–Trinajstić information content (AvgIpc) is 3.20. The Hall–Kier alpha value is -2.51. The summed E-state index contributed by atoms with van der Waals surface area (Å²) in [6.07, 6.45) is 3.15. The third-order valence-corrected chi connectivity index (χ3v) is 4.90. The van der Waals surface area contributed by atoms with E-state index in [0.29, 0.717) is 58.5 Å². The van der Waals surface area contributed by atoms with Crippen molar-refractivity contribution in [2.24, 2.45) is 5.92 Å². The van der Waals surface area contributed by atoms with Crippen LogP contribution in [0.3, 0.4) is 0 Å². The van der Waals surface area contributed by atoms with Crippen molar-refractivity contribution in [3.05, 3.63) is 24.2 Å². The van der Waals surface area contributed by atoms with Gasteiger partial charge in [0.2, 0.25) is 11.8 Å². The molecule has 0 spiro atoms. The molecule has 27 heavy (non-hydrogen) atoms. The van der Waals surface area contributed by atoms with Crippen molar-refractivity contribution >= 4 is 17.8 Å². The van der Waals surface area contributed by atoms with Crippen LogP contribution in [0.2, 0.25) is 0 Å². The molecule has 2 heterocycles. The Bertz CT molecular complexity index is 605. The maximum Gasteiger partial charge on any atom is 0.317 e. The molecule has 1 saturated heterocycles. The molecule has 8 heteroatoms. The first-order chi connectivity index (χ1) is 13.0. The number of likely N-dealkylation sites (tertiary alicyclic amines) is 1. The van der Waals surface area contributed by atoms with Gasteiger partial charge in [0.05, 0.1) is 12.8 Å². The van der Waals surface area contributed by atoms with E-state index in [1.807, 2.05) is 19.9 Å². The topological polar surface area (TPSA) is 94.9 Å². The zero-order valence-corrected chi connectivity index (χ0v) is 16.2. The second kappa shape index (κ2) is 10.6. The fourth-order valence-electron chi connectivity index (χ4n) is 3.20. The number of hydrogen-bond acceptors (Lipinski definition) is 4. The molecule has 2 N–H and O–H groups in total. The lowest BCUT2D eigenvalue weighted by atomic mass is 9.96. The second-order valence-corrected chi connectivity index (χ2v) is 6.61. The Balaban J connectivity index is 1.64. The Labute approximate surface area is 160 Å². The highest BCUT2D eigenvalue weighted by atomic mass is 16.3. The number of urea groups is 1. The first-order valence-corrected chi connectivity index (χ1v) is 9.65. The van der Waals surface area contributed by atoms with Crippen LogP contribution in [0, 0.1) is 5.92 Å². The number of rotatable bonds is 8. The average molecular weight is 378 g/mol. The molecule has 2 rings (SSSR count). The van der Waals surface area contributed by atoms with Crippen LogP contribution in [0.25, 0.3) is 0 Å². The minimum atomic E-state index is -0.170. The first kappa shape index (κ1) is 20.8. The molecule has 0 atom stereocenters. The van der Waals surface area contributed by atoms with Crippen molar-refractivity contribution in [2.75, 3.05) is 32.7 Å². The number of piperidine rings is 1. The summed E-state index contributed by atoms with van der Waals surface area (Å²) in [5.74, 6) is 0.677. The monoisotopic (exact) mass is 378 g/mol. The van der Waals surface area contributed by atoms with E-state index in [4.69, 9.17) is 4.42 Å². The lowest BCUT2D eigenvalue weighted by molar-refractivity contribution is -0.130. The molecule has 1 fully saturated rings. The minimum Gasteiger partial charge on any atom is -0.467 e. The molecule has 1 aliphatic heterocycles. The molecule has 1 aliphatic rings. The smallest absolute Gasteiger partial charge is 0.317 e. The highest BCUT2D eigenvalue weighted by molar-refractivity contribution is 5.80. The van der Waals surface area contributed by atoms with Gasteiger partial charge < -0.3 is 24.9 Å². The van der Waals surface area contributed by atoms with Crippen molar-refractivity contribution in [3.8, 4) is 0 Å². The second-order valence-electron chi connectivity index (χ2n) is 6.61. The fourth-order valence-corrected chi connectivity index (χ4v) is 3.20. The Morgan fingerprint density at radius 2 is 1.89 bits per heavy atom. The number of carbonyl (C=O) groups excluding carboxylic acids is 3. The first-order valence-electron chi connectivity index (χ1n) is 9.65. The summed E-state index contributed by atoms with van der Waals surface area (Å²) in [6.45, 7) is 7.02. The number of nitrogens with one attached hydrogen (secondary N) is 2. The summed E-state index contributed by atoms with van der Waals surface area (Å²) < 4.78 is 5.20. The Morgan fingerprint density at radius 3 is 2.48 bits per heavy atom. The summed E-state index contributed by atoms with van der Waals surface area (Å²) in [4.78, 5) is 39.8. The summed E-state index contributed by atoms with van der Waals surface area (Å²) in [5, 5.41) is 5.67. The molecule has 150 valence electrons. The lowest BCUT2D eigenvalue weighted by Crippen LogP contribution is -2.47. The summed E-state index contributed by atoms with van der Waals surface area (Å²) in [7, 11) is 0. The quantitative estimate of drug-likeness (QED) is 0.718. The van der Waals surface area contributed by atoms with Crippen LogP contribution < -0.4 is 10.6 Å². The zero-order chi connectivity index (χ0) is 19.6. The van der Waals surface area contributed by atoms with Gasteiger partial charge in [-0.25, -0.2) is 4.79 Å². The number of amides is 4. The molecule has 0 radical (unpaired) electrons. The summed E-state index contributed by atoms with van der Waals surface area (Å²) in [6, 6.07) is 3.43. The van der Waals surface area contributed by atoms with Crippen molar-refractivity contribution in [1.82, 2.24) is 20.4 Å². The van der Waals surface area contributed by atoms with Gasteiger partial charge in [-0.1, -0.05) is 0 Å². The molecule has 4 amide bonds. The van der Waals surface area contributed by atoms with E-state index in [1.165, 1.54) is 0 Å². The fraction of sp³-hybridized carbons (Fsp3) is 0.632. The molecule has 1 aromatic rings. The van der Waals surface area contributed by atoms with E-state index in [9.17, 15) is 14.4 Å². The molecular formula is C19H30N4O4. The molecule has 0 bridgehead atoms. The van der Waals surface area contributed by atoms with E-state index in [0.717, 1.165) is 5.76 Å². The van der Waals surface area contributed by atoms with Crippen LogP contribution >= 0.6 is 0 Å². The maximum absolute atomic E-state index is 12.2. The third-order valence-electron chi connectivity index (χ3n) is 4.90. The number of nitrogens with zero attached hydrogens (tertiary/aromatic N) is 2. The van der Waals surface area contributed by atoms with E-state index >= 15 is 0 Å². The molecule has 0 saturated carbocycles. The Morgan fingerprint density at radius 1 is 1.19 bits per heavy atom. The molecule has 8 nitrogen and oxygen atoms in total. The molecule has 0 unspecified atom stereocenters. The molecule has 1 aromatic heterocycles. The number of hydrogen-bond donors (Lipinski definition) is 2. The predicted molar refractivity (Wildman–Crippen MR) is 101 cm³/mol. The van der Waals surface area contributed by atoms with Crippen LogP contribution in [0.5, 0.6) is 0 Å². The van der Waals surface area contributed by atoms with Gasteiger partial charge >= 0.3 is 6.03 Å². The van der Waals surface area contributed by atoms with Crippen molar-refractivity contribution < 1.29 is 18.8 Å². The van der Waals surface area contributed by atoms with Gasteiger partial charge in [-0.05, 0) is 38.8 Å². The predicted octanol–water partition coefficient (Wildman–Crippen LogP) is 1.58. The van der Waals surface area contributed by atoms with Gasteiger partial charge in [0.1, 0.15) is 5.76 Å². The SMILES string of the molecule is CCN(CC)C(=O)CCNC(=O)N1CCC(C(=O)NCc2ccco2)CC1. The normalized spacial score (nSPS) is 14.7. The molecule has 0 aromatic carbocycles. The summed E-state index contributed by atoms with van der Waals surface area (Å²) in [5.41, 5.74) is 0. The van der Waals surface area contributed by atoms with Gasteiger partial charge in [0.15, 0.2) is 0 Å². The highest BCUT2D eigenvalue weighted by Gasteiger charge is 2.27. The van der Waals surface area contributed by atoms with E-state index in [2.05, 4.69) is 10.6 Å².